The van der Waals surface area contributed by atoms with E-state index >= 15 is 0 Å². The number of hydrogen-bond donors (Lipinski definition) is 2. The van der Waals surface area contributed by atoms with Crippen LogP contribution in [0.3, 0.4) is 0 Å². The lowest BCUT2D eigenvalue weighted by Gasteiger charge is -2.28. The Bertz CT molecular complexity index is 1560. The molecule has 0 spiro atoms. The molecule has 4 aromatic rings. The maximum absolute atomic E-state index is 13.8. The van der Waals surface area contributed by atoms with E-state index in [1.807, 2.05) is 42.5 Å². The summed E-state index contributed by atoms with van der Waals surface area (Å²) >= 11 is 5.18. The standard InChI is InChI=1S/C27H19FN4O3S/c28-18-7-6-10-20(14-18)32-26(35)22(25(34)30-27(32)36)13-17-15-31(23-12-5-4-11-21(17)23)16-24(33)29-19-8-2-1-3-9-19/h1-15H,16H2,(H,29,33)(H,30,34,36). The Kier molecular flexibility index (Phi) is 6.14. The van der Waals surface area contributed by atoms with Crippen LogP contribution in [-0.2, 0) is 20.9 Å². The van der Waals surface area contributed by atoms with Crippen LogP contribution in [0.25, 0.3) is 17.0 Å². The van der Waals surface area contributed by atoms with Crippen LogP contribution in [0, 0.1) is 5.82 Å². The molecule has 9 heteroatoms. The van der Waals surface area contributed by atoms with Gasteiger partial charge in [-0.3, -0.25) is 24.6 Å². The molecule has 0 saturated carbocycles. The summed E-state index contributed by atoms with van der Waals surface area (Å²) in [6.07, 6.45) is 3.17. The van der Waals surface area contributed by atoms with Crippen LogP contribution >= 0.6 is 12.2 Å². The molecule has 1 aromatic heterocycles. The van der Waals surface area contributed by atoms with Gasteiger partial charge in [0, 0.05) is 28.4 Å². The zero-order valence-corrected chi connectivity index (χ0v) is 19.6. The smallest absolute Gasteiger partial charge is 0.270 e. The number of amides is 3. The Labute approximate surface area is 210 Å². The van der Waals surface area contributed by atoms with E-state index in [2.05, 4.69) is 10.6 Å². The molecular formula is C27H19FN4O3S. The third-order valence-corrected chi connectivity index (χ3v) is 5.94. The number of anilines is 2. The first kappa shape index (κ1) is 23.1. The topological polar surface area (TPSA) is 83.4 Å². The second-order valence-corrected chi connectivity index (χ2v) is 8.47. The molecule has 0 atom stereocenters. The van der Waals surface area contributed by atoms with Crippen molar-refractivity contribution in [1.82, 2.24) is 9.88 Å². The molecule has 0 radical (unpaired) electrons. The van der Waals surface area contributed by atoms with Gasteiger partial charge in [-0.05, 0) is 54.7 Å². The number of halogens is 1. The Hall–Kier alpha value is -4.63. The van der Waals surface area contributed by atoms with Crippen molar-refractivity contribution in [3.05, 3.63) is 102 Å². The van der Waals surface area contributed by atoms with Gasteiger partial charge in [0.05, 0.1) is 5.69 Å². The average molecular weight is 499 g/mol. The number of carbonyl (C=O) groups is 3. The van der Waals surface area contributed by atoms with Crippen molar-refractivity contribution in [1.29, 1.82) is 0 Å². The lowest BCUT2D eigenvalue weighted by molar-refractivity contribution is -0.122. The van der Waals surface area contributed by atoms with E-state index in [0.717, 1.165) is 21.9 Å². The molecule has 2 heterocycles. The zero-order valence-electron chi connectivity index (χ0n) is 18.8. The number of rotatable bonds is 5. The van der Waals surface area contributed by atoms with Crippen LogP contribution in [0.2, 0.25) is 0 Å². The minimum atomic E-state index is -0.673. The van der Waals surface area contributed by atoms with Crippen molar-refractivity contribution in [3.8, 4) is 0 Å². The fourth-order valence-corrected chi connectivity index (χ4v) is 4.34. The predicted octanol–water partition coefficient (Wildman–Crippen LogP) is 4.25. The number of para-hydroxylation sites is 2. The van der Waals surface area contributed by atoms with Crippen molar-refractivity contribution < 1.29 is 18.8 Å². The molecule has 1 aliphatic rings. The van der Waals surface area contributed by atoms with Gasteiger partial charge in [-0.15, -0.1) is 0 Å². The molecule has 7 nitrogen and oxygen atoms in total. The average Bonchev–Trinajstić information content (AvgIpc) is 3.19. The van der Waals surface area contributed by atoms with E-state index in [0.29, 0.717) is 11.3 Å². The van der Waals surface area contributed by atoms with Gasteiger partial charge in [0.1, 0.15) is 17.9 Å². The van der Waals surface area contributed by atoms with Crippen LogP contribution in [0.4, 0.5) is 15.8 Å². The van der Waals surface area contributed by atoms with Gasteiger partial charge in [-0.25, -0.2) is 4.39 Å². The highest BCUT2D eigenvalue weighted by molar-refractivity contribution is 7.80. The van der Waals surface area contributed by atoms with E-state index < -0.39 is 17.6 Å². The van der Waals surface area contributed by atoms with Gasteiger partial charge >= 0.3 is 0 Å². The lowest BCUT2D eigenvalue weighted by Crippen LogP contribution is -2.54. The summed E-state index contributed by atoms with van der Waals surface area (Å²) in [4.78, 5) is 39.8. The summed E-state index contributed by atoms with van der Waals surface area (Å²) < 4.78 is 15.5. The Morgan fingerprint density at radius 2 is 1.75 bits per heavy atom. The first-order valence-corrected chi connectivity index (χ1v) is 11.4. The van der Waals surface area contributed by atoms with Crippen molar-refractivity contribution in [2.24, 2.45) is 0 Å². The SMILES string of the molecule is O=C(Cn1cc(C=C2C(=O)NC(=S)N(c3cccc(F)c3)C2=O)c2ccccc21)Nc1ccccc1. The third-order valence-electron chi connectivity index (χ3n) is 5.66. The summed E-state index contributed by atoms with van der Waals surface area (Å²) in [6.45, 7) is 0.0260. The van der Waals surface area contributed by atoms with E-state index in [1.54, 1.807) is 22.9 Å². The van der Waals surface area contributed by atoms with Gasteiger partial charge < -0.3 is 9.88 Å². The Morgan fingerprint density at radius 3 is 2.53 bits per heavy atom. The molecular weight excluding hydrogens is 479 g/mol. The highest BCUT2D eigenvalue weighted by Crippen LogP contribution is 2.27. The van der Waals surface area contributed by atoms with Crippen molar-refractivity contribution >= 4 is 63.4 Å². The second-order valence-electron chi connectivity index (χ2n) is 8.08. The fraction of sp³-hybridized carbons (Fsp3) is 0.0370. The minimum Gasteiger partial charge on any atom is -0.337 e. The highest BCUT2D eigenvalue weighted by Gasteiger charge is 2.34. The number of nitrogens with one attached hydrogen (secondary N) is 2. The van der Waals surface area contributed by atoms with E-state index in [1.165, 1.54) is 24.3 Å². The van der Waals surface area contributed by atoms with Crippen molar-refractivity contribution in [2.75, 3.05) is 10.2 Å². The Balaban J connectivity index is 1.49. The van der Waals surface area contributed by atoms with Crippen molar-refractivity contribution in [2.45, 2.75) is 6.54 Å². The summed E-state index contributed by atoms with van der Waals surface area (Å²) in [6, 6.07) is 21.9. The number of hydrogen-bond acceptors (Lipinski definition) is 4. The molecule has 1 fully saturated rings. The maximum Gasteiger partial charge on any atom is 0.270 e. The molecule has 1 aliphatic heterocycles. The molecule has 178 valence electrons. The zero-order chi connectivity index (χ0) is 25.2. The number of nitrogens with zero attached hydrogens (tertiary/aromatic N) is 2. The summed E-state index contributed by atoms with van der Waals surface area (Å²) in [7, 11) is 0. The quantitative estimate of drug-likeness (QED) is 0.245. The molecule has 0 bridgehead atoms. The van der Waals surface area contributed by atoms with Gasteiger partial charge in [0.2, 0.25) is 5.91 Å². The number of thiocarbonyl (C=S) groups is 1. The molecule has 1 saturated heterocycles. The van der Waals surface area contributed by atoms with Crippen LogP contribution in [0.1, 0.15) is 5.56 Å². The molecule has 3 amide bonds. The number of aromatic nitrogens is 1. The molecule has 2 N–H and O–H groups in total. The molecule has 5 rings (SSSR count). The summed E-state index contributed by atoms with van der Waals surface area (Å²) in [5.41, 5.74) is 2.05. The largest absolute Gasteiger partial charge is 0.337 e. The third kappa shape index (κ3) is 4.51. The van der Waals surface area contributed by atoms with E-state index in [9.17, 15) is 18.8 Å². The maximum atomic E-state index is 13.8. The summed E-state index contributed by atoms with van der Waals surface area (Å²) in [5, 5.41) is 5.97. The van der Waals surface area contributed by atoms with Crippen LogP contribution < -0.4 is 15.5 Å². The minimum absolute atomic E-state index is 0.0260. The fourth-order valence-electron chi connectivity index (χ4n) is 4.06. The first-order chi connectivity index (χ1) is 17.4. The Morgan fingerprint density at radius 1 is 1.00 bits per heavy atom. The number of benzene rings is 3. The van der Waals surface area contributed by atoms with Crippen LogP contribution in [-0.4, -0.2) is 27.4 Å². The monoisotopic (exact) mass is 498 g/mol. The normalized spacial score (nSPS) is 14.9. The van der Waals surface area contributed by atoms with Gasteiger partial charge in [0.15, 0.2) is 5.11 Å². The lowest BCUT2D eigenvalue weighted by atomic mass is 10.1. The van der Waals surface area contributed by atoms with Gasteiger partial charge in [-0.1, -0.05) is 42.5 Å². The van der Waals surface area contributed by atoms with Crippen LogP contribution in [0.5, 0.6) is 0 Å². The molecule has 0 unspecified atom stereocenters. The van der Waals surface area contributed by atoms with Crippen molar-refractivity contribution in [3.63, 3.8) is 0 Å². The predicted molar refractivity (Wildman–Crippen MR) is 140 cm³/mol. The number of carbonyl (C=O) groups excluding carboxylic acids is 3. The first-order valence-electron chi connectivity index (χ1n) is 11.0. The molecule has 36 heavy (non-hydrogen) atoms. The molecule has 3 aromatic carbocycles. The highest BCUT2D eigenvalue weighted by atomic mass is 32.1. The van der Waals surface area contributed by atoms with Crippen LogP contribution in [0.15, 0.2) is 90.6 Å². The summed E-state index contributed by atoms with van der Waals surface area (Å²) in [5.74, 6) is -2.10. The van der Waals surface area contributed by atoms with Gasteiger partial charge in [-0.2, -0.15) is 0 Å². The van der Waals surface area contributed by atoms with E-state index in [4.69, 9.17) is 12.2 Å². The van der Waals surface area contributed by atoms with E-state index in [-0.39, 0.29) is 28.8 Å². The van der Waals surface area contributed by atoms with Gasteiger partial charge in [0.25, 0.3) is 11.8 Å². The molecule has 0 aliphatic carbocycles. The second kappa shape index (κ2) is 9.55. The number of fused-ring (bicyclic) bond motifs is 1.